The molecule has 2 rings (SSSR count). The Morgan fingerprint density at radius 1 is 1.38 bits per heavy atom. The van der Waals surface area contributed by atoms with Crippen LogP contribution in [0.5, 0.6) is 0 Å². The average Bonchev–Trinajstić information content (AvgIpc) is 2.62. The molecule has 0 N–H and O–H groups in total. The van der Waals surface area contributed by atoms with Crippen molar-refractivity contribution in [1.29, 1.82) is 0 Å². The van der Waals surface area contributed by atoms with E-state index in [0.717, 1.165) is 0 Å². The van der Waals surface area contributed by atoms with Crippen LogP contribution in [-0.4, -0.2) is 59.2 Å². The fourth-order valence-corrected chi connectivity index (χ4v) is 2.63. The van der Waals surface area contributed by atoms with Gasteiger partial charge in [0, 0.05) is 6.54 Å². The Labute approximate surface area is 144 Å². The first-order valence-electron chi connectivity index (χ1n) is 5.98. The Bertz CT molecular complexity index is 544. The van der Waals surface area contributed by atoms with Gasteiger partial charge in [-0.2, -0.15) is 9.35 Å². The van der Waals surface area contributed by atoms with Gasteiger partial charge < -0.3 is 9.29 Å². The van der Waals surface area contributed by atoms with Gasteiger partial charge in [-0.25, -0.2) is 13.2 Å². The predicted octanol–water partition coefficient (Wildman–Crippen LogP) is -3.40. The van der Waals surface area contributed by atoms with Crippen LogP contribution in [0.1, 0.15) is 27.2 Å². The van der Waals surface area contributed by atoms with Gasteiger partial charge in [-0.15, -0.1) is 0 Å². The van der Waals surface area contributed by atoms with E-state index in [4.69, 9.17) is 4.74 Å². The second-order valence-corrected chi connectivity index (χ2v) is 6.59. The summed E-state index contributed by atoms with van der Waals surface area (Å²) in [6.07, 6.45) is -0.325. The zero-order valence-electron chi connectivity index (χ0n) is 12.2. The molecule has 21 heavy (non-hydrogen) atoms. The Morgan fingerprint density at radius 2 is 1.95 bits per heavy atom. The van der Waals surface area contributed by atoms with E-state index < -0.39 is 40.1 Å². The van der Waals surface area contributed by atoms with Crippen LogP contribution in [-0.2, 0) is 24.2 Å². The van der Waals surface area contributed by atoms with E-state index in [0.29, 0.717) is 11.5 Å². The summed E-state index contributed by atoms with van der Waals surface area (Å²) >= 11 is 0. The summed E-state index contributed by atoms with van der Waals surface area (Å²) in [5, 5.41) is 0.511. The molecule has 2 saturated heterocycles. The summed E-state index contributed by atoms with van der Waals surface area (Å²) in [7, 11) is -5.00. The number of nitrogens with zero attached hydrogens (tertiary/aromatic N) is 2. The first-order chi connectivity index (χ1) is 8.99. The third-order valence-corrected chi connectivity index (χ3v) is 3.28. The molecule has 0 aromatic heterocycles. The Balaban J connectivity index is 0.00000220. The van der Waals surface area contributed by atoms with E-state index in [9.17, 15) is 22.6 Å². The number of ether oxygens (including phenoxy) is 1. The number of carbonyl (C=O) groups excluding carboxylic acids is 2. The van der Waals surface area contributed by atoms with E-state index in [1.54, 1.807) is 20.8 Å². The maximum atomic E-state index is 11.9. The quantitative estimate of drug-likeness (QED) is 0.224. The Kier molecular flexibility index (Phi) is 5.34. The monoisotopic (exact) mass is 330 g/mol. The maximum absolute atomic E-state index is 11.9. The second-order valence-electron chi connectivity index (χ2n) is 5.62. The number of likely N-dealkylation sites (tertiary alicyclic amines) is 1. The van der Waals surface area contributed by atoms with Gasteiger partial charge in [0.25, 0.3) is 5.91 Å². The maximum Gasteiger partial charge on any atom is 1.00 e. The number of amides is 2. The Morgan fingerprint density at radius 3 is 2.43 bits per heavy atom. The van der Waals surface area contributed by atoms with Gasteiger partial charge in [0.1, 0.15) is 11.6 Å². The van der Waals surface area contributed by atoms with Crippen molar-refractivity contribution in [3.63, 3.8) is 0 Å². The standard InChI is InChI=1S/C10H16N2O7S.Na/c1-10(2,3)18-9(14)11-5-4-6-7(11)8(13)12(6)19-20(15,16)17;/h6-7H,4-5H2,1-3H3,(H,15,16,17);/q;+1/p-1/t6-,7+;/m1./s1. The van der Waals surface area contributed by atoms with Crippen LogP contribution in [0.2, 0.25) is 0 Å². The number of rotatable bonds is 2. The van der Waals surface area contributed by atoms with Crippen LogP contribution in [0.3, 0.4) is 0 Å². The molecule has 114 valence electrons. The fourth-order valence-electron chi connectivity index (χ4n) is 2.25. The van der Waals surface area contributed by atoms with Gasteiger partial charge in [0.05, 0.1) is 6.04 Å². The molecule has 2 atom stereocenters. The third kappa shape index (κ3) is 4.08. The van der Waals surface area contributed by atoms with Crippen LogP contribution >= 0.6 is 0 Å². The van der Waals surface area contributed by atoms with Crippen molar-refractivity contribution < 1.29 is 61.1 Å². The molecule has 0 aromatic carbocycles. The van der Waals surface area contributed by atoms with E-state index in [-0.39, 0.29) is 36.1 Å². The van der Waals surface area contributed by atoms with Crippen molar-refractivity contribution in [2.45, 2.75) is 44.9 Å². The van der Waals surface area contributed by atoms with Crippen LogP contribution in [0.4, 0.5) is 4.79 Å². The van der Waals surface area contributed by atoms with E-state index in [2.05, 4.69) is 4.28 Å². The molecule has 2 aliphatic heterocycles. The summed E-state index contributed by atoms with van der Waals surface area (Å²) in [5.41, 5.74) is -0.698. The first-order valence-corrected chi connectivity index (χ1v) is 7.31. The largest absolute Gasteiger partial charge is 1.00 e. The van der Waals surface area contributed by atoms with Crippen LogP contribution in [0, 0.1) is 0 Å². The summed E-state index contributed by atoms with van der Waals surface area (Å²) < 4.78 is 40.7. The summed E-state index contributed by atoms with van der Waals surface area (Å²) in [4.78, 5) is 24.9. The number of hydrogen-bond acceptors (Lipinski definition) is 7. The van der Waals surface area contributed by atoms with Crippen LogP contribution < -0.4 is 29.6 Å². The molecule has 2 amide bonds. The first kappa shape index (κ1) is 18.7. The molecule has 0 aromatic rings. The number of β-lactam (4-membered cyclic amide) rings is 1. The molecule has 0 radical (unpaired) electrons. The molecule has 9 nitrogen and oxygen atoms in total. The molecular formula is C10H15N2NaO7S. The van der Waals surface area contributed by atoms with Crippen molar-refractivity contribution in [3.8, 4) is 0 Å². The summed E-state index contributed by atoms with van der Waals surface area (Å²) in [6.45, 7) is 5.32. The molecule has 0 bridgehead atoms. The minimum absolute atomic E-state index is 0. The number of carbonyl (C=O) groups is 2. The molecular weight excluding hydrogens is 315 g/mol. The molecule has 2 aliphatic rings. The van der Waals surface area contributed by atoms with E-state index >= 15 is 0 Å². The fraction of sp³-hybridized carbons (Fsp3) is 0.800. The molecule has 2 fully saturated rings. The second kappa shape index (κ2) is 6.01. The van der Waals surface area contributed by atoms with Crippen molar-refractivity contribution in [1.82, 2.24) is 9.96 Å². The molecule has 0 unspecified atom stereocenters. The smallest absolute Gasteiger partial charge is 0.724 e. The van der Waals surface area contributed by atoms with Gasteiger partial charge in [-0.05, 0) is 27.2 Å². The minimum atomic E-state index is -5.00. The predicted molar refractivity (Wildman–Crippen MR) is 62.8 cm³/mol. The molecule has 0 spiro atoms. The molecule has 0 saturated carbocycles. The summed E-state index contributed by atoms with van der Waals surface area (Å²) in [6, 6.07) is -1.45. The number of hydrogen-bond donors (Lipinski definition) is 0. The van der Waals surface area contributed by atoms with Gasteiger partial charge in [0.15, 0.2) is 0 Å². The van der Waals surface area contributed by atoms with E-state index in [1.165, 1.54) is 4.90 Å². The molecule has 0 aliphatic carbocycles. The van der Waals surface area contributed by atoms with Gasteiger partial charge >= 0.3 is 35.7 Å². The zero-order chi connectivity index (χ0) is 15.3. The zero-order valence-corrected chi connectivity index (χ0v) is 15.0. The van der Waals surface area contributed by atoms with E-state index in [1.807, 2.05) is 0 Å². The summed E-state index contributed by atoms with van der Waals surface area (Å²) in [5.74, 6) is -0.738. The van der Waals surface area contributed by atoms with Crippen molar-refractivity contribution >= 4 is 22.4 Å². The molecule has 2 heterocycles. The SMILES string of the molecule is CC(C)(C)OC(=O)N1CC[C@@H]2[C@H]1C(=O)N2OS(=O)(=O)[O-].[Na+]. The van der Waals surface area contributed by atoms with Crippen LogP contribution in [0.25, 0.3) is 0 Å². The average molecular weight is 330 g/mol. The number of hydroxylamine groups is 2. The normalized spacial score (nSPS) is 25.0. The number of fused-ring (bicyclic) bond motifs is 1. The van der Waals surface area contributed by atoms with Gasteiger partial charge in [-0.3, -0.25) is 9.69 Å². The van der Waals surface area contributed by atoms with Crippen molar-refractivity contribution in [2.75, 3.05) is 6.54 Å². The van der Waals surface area contributed by atoms with Gasteiger partial charge in [-0.1, -0.05) is 0 Å². The van der Waals surface area contributed by atoms with Crippen LogP contribution in [0.15, 0.2) is 0 Å². The van der Waals surface area contributed by atoms with Gasteiger partial charge in [0.2, 0.25) is 10.4 Å². The topological polar surface area (TPSA) is 116 Å². The Hall–Kier alpha value is -0.390. The third-order valence-electron chi connectivity index (χ3n) is 2.94. The van der Waals surface area contributed by atoms with Crippen molar-refractivity contribution in [2.24, 2.45) is 0 Å². The molecule has 11 heteroatoms. The minimum Gasteiger partial charge on any atom is -0.724 e. The van der Waals surface area contributed by atoms with Crippen molar-refractivity contribution in [3.05, 3.63) is 0 Å².